The first-order valence-electron chi connectivity index (χ1n) is 6.04. The van der Waals surface area contributed by atoms with Crippen molar-refractivity contribution in [3.63, 3.8) is 0 Å². The summed E-state index contributed by atoms with van der Waals surface area (Å²) in [6.45, 7) is 5.04. The van der Waals surface area contributed by atoms with E-state index in [0.717, 1.165) is 4.31 Å². The summed E-state index contributed by atoms with van der Waals surface area (Å²) in [6, 6.07) is 2.45. The van der Waals surface area contributed by atoms with E-state index in [1.165, 1.54) is 19.2 Å². The van der Waals surface area contributed by atoms with Gasteiger partial charge >= 0.3 is 5.97 Å². The summed E-state index contributed by atoms with van der Waals surface area (Å²) in [5, 5.41) is 11.5. The number of nitrogens with zero attached hydrogens (tertiary/aromatic N) is 1. The van der Waals surface area contributed by atoms with Gasteiger partial charge in [0.25, 0.3) is 10.0 Å². The van der Waals surface area contributed by atoms with Gasteiger partial charge in [-0.25, -0.2) is 13.2 Å². The Bertz CT molecular complexity index is 643. The van der Waals surface area contributed by atoms with Crippen LogP contribution in [0.15, 0.2) is 16.3 Å². The molecule has 1 amide bonds. The third kappa shape index (κ3) is 4.80. The molecule has 7 nitrogen and oxygen atoms in total. The van der Waals surface area contributed by atoms with Crippen molar-refractivity contribution >= 4 is 33.2 Å². The van der Waals surface area contributed by atoms with Gasteiger partial charge < -0.3 is 10.4 Å². The number of amides is 1. The lowest BCUT2D eigenvalue weighted by molar-refractivity contribution is -0.122. The molecule has 0 spiro atoms. The van der Waals surface area contributed by atoms with Crippen LogP contribution < -0.4 is 5.32 Å². The van der Waals surface area contributed by atoms with E-state index in [1.54, 1.807) is 20.8 Å². The first-order valence-corrected chi connectivity index (χ1v) is 8.29. The first-order chi connectivity index (χ1) is 9.43. The summed E-state index contributed by atoms with van der Waals surface area (Å²) in [6.07, 6.45) is 0. The molecule has 0 radical (unpaired) electrons. The number of likely N-dealkylation sites (N-methyl/N-ethyl adjacent to an activating group) is 1. The molecule has 0 aliphatic heterocycles. The molecule has 0 fully saturated rings. The molecule has 0 saturated carbocycles. The van der Waals surface area contributed by atoms with Crippen molar-refractivity contribution in [2.45, 2.75) is 30.5 Å². The standard InChI is InChI=1S/C12H18N2O5S2/c1-12(2,3)13-9(15)7-14(4)21(18,19)10-6-5-8(20-10)11(16)17/h5-6H,7H2,1-4H3,(H,13,15)(H,16,17). The van der Waals surface area contributed by atoms with E-state index >= 15 is 0 Å². The van der Waals surface area contributed by atoms with Crippen LogP contribution in [-0.4, -0.2) is 48.8 Å². The van der Waals surface area contributed by atoms with E-state index in [9.17, 15) is 18.0 Å². The Hall–Kier alpha value is -1.45. The number of carbonyl (C=O) groups excluding carboxylic acids is 1. The molecule has 0 aliphatic rings. The van der Waals surface area contributed by atoms with Gasteiger partial charge in [0.15, 0.2) is 0 Å². The topological polar surface area (TPSA) is 104 Å². The van der Waals surface area contributed by atoms with Gasteiger partial charge in [0, 0.05) is 12.6 Å². The number of thiophene rings is 1. The van der Waals surface area contributed by atoms with Crippen molar-refractivity contribution in [1.29, 1.82) is 0 Å². The zero-order valence-corrected chi connectivity index (χ0v) is 13.8. The largest absolute Gasteiger partial charge is 0.477 e. The monoisotopic (exact) mass is 334 g/mol. The molecule has 118 valence electrons. The van der Waals surface area contributed by atoms with Gasteiger partial charge in [-0.3, -0.25) is 4.79 Å². The lowest BCUT2D eigenvalue weighted by Gasteiger charge is -2.22. The smallest absolute Gasteiger partial charge is 0.345 e. The maximum absolute atomic E-state index is 12.2. The van der Waals surface area contributed by atoms with Crippen LogP contribution in [0.4, 0.5) is 0 Å². The number of aromatic carboxylic acids is 1. The fourth-order valence-corrected chi connectivity index (χ4v) is 3.96. The molecule has 0 aromatic carbocycles. The summed E-state index contributed by atoms with van der Waals surface area (Å²) in [5.74, 6) is -1.61. The molecule has 0 bridgehead atoms. The van der Waals surface area contributed by atoms with Crippen molar-refractivity contribution in [3.05, 3.63) is 17.0 Å². The van der Waals surface area contributed by atoms with Crippen LogP contribution >= 0.6 is 11.3 Å². The number of hydrogen-bond acceptors (Lipinski definition) is 5. The molecule has 9 heteroatoms. The van der Waals surface area contributed by atoms with E-state index in [2.05, 4.69) is 5.32 Å². The summed E-state index contributed by atoms with van der Waals surface area (Å²) >= 11 is 0.656. The van der Waals surface area contributed by atoms with E-state index in [4.69, 9.17) is 5.11 Å². The Morgan fingerprint density at radius 3 is 2.33 bits per heavy atom. The van der Waals surface area contributed by atoms with Gasteiger partial charge in [0.2, 0.25) is 5.91 Å². The summed E-state index contributed by atoms with van der Waals surface area (Å²) in [4.78, 5) is 22.5. The highest BCUT2D eigenvalue weighted by molar-refractivity contribution is 7.91. The number of hydrogen-bond donors (Lipinski definition) is 2. The van der Waals surface area contributed by atoms with Crippen LogP contribution in [0.25, 0.3) is 0 Å². The second-order valence-corrected chi connectivity index (χ2v) is 8.84. The lowest BCUT2D eigenvalue weighted by atomic mass is 10.1. The Morgan fingerprint density at radius 1 is 1.33 bits per heavy atom. The van der Waals surface area contributed by atoms with E-state index < -0.39 is 27.4 Å². The number of rotatable bonds is 5. The minimum absolute atomic E-state index is 0.0684. The average molecular weight is 334 g/mol. The second-order valence-electron chi connectivity index (χ2n) is 5.48. The molecule has 0 atom stereocenters. The molecule has 1 aromatic heterocycles. The molecule has 21 heavy (non-hydrogen) atoms. The van der Waals surface area contributed by atoms with Crippen molar-refractivity contribution in [3.8, 4) is 0 Å². The van der Waals surface area contributed by atoms with Crippen LogP contribution in [0.1, 0.15) is 30.4 Å². The van der Waals surface area contributed by atoms with Crippen molar-refractivity contribution in [1.82, 2.24) is 9.62 Å². The SMILES string of the molecule is CN(CC(=O)NC(C)(C)C)S(=O)(=O)c1ccc(C(=O)O)s1. The molecular weight excluding hydrogens is 316 g/mol. The molecule has 1 aromatic rings. The maximum Gasteiger partial charge on any atom is 0.345 e. The third-order valence-electron chi connectivity index (χ3n) is 2.34. The molecular formula is C12H18N2O5S2. The molecule has 2 N–H and O–H groups in total. The number of carboxylic acid groups (broad SMARTS) is 1. The third-order valence-corrected chi connectivity index (χ3v) is 5.68. The summed E-state index contributed by atoms with van der Waals surface area (Å²) in [7, 11) is -2.60. The highest BCUT2D eigenvalue weighted by Gasteiger charge is 2.26. The van der Waals surface area contributed by atoms with Gasteiger partial charge in [-0.05, 0) is 32.9 Å². The lowest BCUT2D eigenvalue weighted by Crippen LogP contribution is -2.46. The summed E-state index contributed by atoms with van der Waals surface area (Å²) < 4.78 is 25.3. The zero-order valence-electron chi connectivity index (χ0n) is 12.2. The minimum Gasteiger partial charge on any atom is -0.477 e. The number of carboxylic acids is 1. The van der Waals surface area contributed by atoms with Crippen molar-refractivity contribution in [2.24, 2.45) is 0 Å². The first kappa shape index (κ1) is 17.6. The molecule has 1 heterocycles. The Morgan fingerprint density at radius 2 is 1.90 bits per heavy atom. The Labute approximate surface area is 127 Å². The number of nitrogens with one attached hydrogen (secondary N) is 1. The molecule has 0 aliphatic carbocycles. The van der Waals surface area contributed by atoms with Gasteiger partial charge in [-0.1, -0.05) is 0 Å². The van der Waals surface area contributed by atoms with E-state index in [-0.39, 0.29) is 15.6 Å². The van der Waals surface area contributed by atoms with Crippen molar-refractivity contribution < 1.29 is 23.1 Å². The Balaban J connectivity index is 2.86. The predicted molar refractivity (Wildman–Crippen MR) is 79.0 cm³/mol. The van der Waals surface area contributed by atoms with Crippen molar-refractivity contribution in [2.75, 3.05) is 13.6 Å². The highest BCUT2D eigenvalue weighted by atomic mass is 32.2. The van der Waals surface area contributed by atoms with Crippen LogP contribution in [0.5, 0.6) is 0 Å². The molecule has 0 saturated heterocycles. The van der Waals surface area contributed by atoms with Gasteiger partial charge in [0.05, 0.1) is 6.54 Å². The van der Waals surface area contributed by atoms with Crippen LogP contribution in [0, 0.1) is 0 Å². The van der Waals surface area contributed by atoms with Crippen LogP contribution in [0.3, 0.4) is 0 Å². The van der Waals surface area contributed by atoms with Crippen LogP contribution in [0.2, 0.25) is 0 Å². The molecule has 0 unspecified atom stereocenters. The number of sulfonamides is 1. The van der Waals surface area contributed by atoms with E-state index in [0.29, 0.717) is 11.3 Å². The van der Waals surface area contributed by atoms with Gasteiger partial charge in [-0.15, -0.1) is 11.3 Å². The Kier molecular flexibility index (Phi) is 5.13. The minimum atomic E-state index is -3.87. The van der Waals surface area contributed by atoms with Gasteiger partial charge in [0.1, 0.15) is 9.09 Å². The normalized spacial score (nSPS) is 12.4. The molecule has 1 rings (SSSR count). The fourth-order valence-electron chi connectivity index (χ4n) is 1.47. The second kappa shape index (κ2) is 6.12. The quantitative estimate of drug-likeness (QED) is 0.835. The van der Waals surface area contributed by atoms with E-state index in [1.807, 2.05) is 0 Å². The zero-order chi connectivity index (χ0) is 16.4. The van der Waals surface area contributed by atoms with Crippen LogP contribution in [-0.2, 0) is 14.8 Å². The summed E-state index contributed by atoms with van der Waals surface area (Å²) in [5.41, 5.74) is -0.457. The average Bonchev–Trinajstić information content (AvgIpc) is 2.75. The number of carbonyl (C=O) groups is 2. The highest BCUT2D eigenvalue weighted by Crippen LogP contribution is 2.24. The maximum atomic E-state index is 12.2. The fraction of sp³-hybridized carbons (Fsp3) is 0.500. The van der Waals surface area contributed by atoms with Gasteiger partial charge in [-0.2, -0.15) is 4.31 Å². The predicted octanol–water partition coefficient (Wildman–Crippen LogP) is 0.981.